The van der Waals surface area contributed by atoms with Gasteiger partial charge >= 0.3 is 0 Å². The van der Waals surface area contributed by atoms with E-state index in [-0.39, 0.29) is 11.0 Å². The van der Waals surface area contributed by atoms with Crippen LogP contribution in [0.3, 0.4) is 0 Å². The van der Waals surface area contributed by atoms with E-state index in [0.717, 1.165) is 11.3 Å². The van der Waals surface area contributed by atoms with Crippen LogP contribution in [0.25, 0.3) is 11.3 Å². The molecule has 0 saturated heterocycles. The van der Waals surface area contributed by atoms with Crippen molar-refractivity contribution in [1.82, 2.24) is 10.3 Å². The first-order chi connectivity index (χ1) is 12.2. The highest BCUT2D eigenvalue weighted by molar-refractivity contribution is 7.80. The fourth-order valence-corrected chi connectivity index (χ4v) is 3.18. The minimum atomic E-state index is -0.338. The maximum Gasteiger partial charge on any atom is 0.261 e. The number of aromatic nitrogens is 1. The van der Waals surface area contributed by atoms with E-state index < -0.39 is 0 Å². The van der Waals surface area contributed by atoms with Gasteiger partial charge < -0.3 is 10.1 Å². The number of nitrogens with zero attached hydrogens (tertiary/aromatic N) is 1. The third-order valence-electron chi connectivity index (χ3n) is 3.37. The third-order valence-corrected chi connectivity index (χ3v) is 4.33. The standard InChI is InChI=1S/C18H15N3O2S2/c1-23-15-10-6-5-9-13(15)16(22)20-17(24)21-18-19-14(11-25-18)12-7-3-2-4-8-12/h2-11H,1H3,(H2,19,20,21,22,24). The number of rotatable bonds is 4. The van der Waals surface area contributed by atoms with E-state index in [4.69, 9.17) is 17.0 Å². The van der Waals surface area contributed by atoms with E-state index in [9.17, 15) is 4.79 Å². The lowest BCUT2D eigenvalue weighted by molar-refractivity contribution is 0.0975. The van der Waals surface area contributed by atoms with Crippen LogP contribution in [-0.4, -0.2) is 23.1 Å². The average Bonchev–Trinajstić information content (AvgIpc) is 3.10. The van der Waals surface area contributed by atoms with Crippen LogP contribution >= 0.6 is 23.6 Å². The third kappa shape index (κ3) is 4.20. The number of thiazole rings is 1. The molecule has 0 radical (unpaired) electrons. The number of carbonyl (C=O) groups is 1. The Morgan fingerprint density at radius 2 is 1.84 bits per heavy atom. The van der Waals surface area contributed by atoms with Gasteiger partial charge in [-0.05, 0) is 24.4 Å². The number of carbonyl (C=O) groups excluding carboxylic acids is 1. The summed E-state index contributed by atoms with van der Waals surface area (Å²) in [5, 5.41) is 8.31. The van der Waals surface area contributed by atoms with E-state index in [1.54, 1.807) is 24.3 Å². The Morgan fingerprint density at radius 1 is 1.12 bits per heavy atom. The maximum atomic E-state index is 12.3. The summed E-state index contributed by atoms with van der Waals surface area (Å²) in [6.45, 7) is 0. The van der Waals surface area contributed by atoms with Crippen molar-refractivity contribution < 1.29 is 9.53 Å². The molecule has 1 aromatic heterocycles. The molecule has 0 saturated carbocycles. The zero-order valence-electron chi connectivity index (χ0n) is 13.4. The second-order valence-corrected chi connectivity index (χ2v) is 6.28. The molecule has 25 heavy (non-hydrogen) atoms. The zero-order chi connectivity index (χ0) is 17.6. The molecular formula is C18H15N3O2S2. The Kier molecular flexibility index (Phi) is 5.37. The molecule has 0 fully saturated rings. The van der Waals surface area contributed by atoms with Crippen LogP contribution in [0.15, 0.2) is 60.0 Å². The number of nitrogens with one attached hydrogen (secondary N) is 2. The van der Waals surface area contributed by atoms with Crippen LogP contribution in [0, 0.1) is 0 Å². The van der Waals surface area contributed by atoms with Crippen molar-refractivity contribution in [3.8, 4) is 17.0 Å². The van der Waals surface area contributed by atoms with Crippen LogP contribution in [0.5, 0.6) is 5.75 Å². The Hall–Kier alpha value is -2.77. The van der Waals surface area contributed by atoms with Gasteiger partial charge in [0.25, 0.3) is 5.91 Å². The van der Waals surface area contributed by atoms with E-state index in [1.807, 2.05) is 35.7 Å². The quantitative estimate of drug-likeness (QED) is 0.682. The van der Waals surface area contributed by atoms with Crippen molar-refractivity contribution in [3.63, 3.8) is 0 Å². The monoisotopic (exact) mass is 369 g/mol. The molecule has 2 aromatic carbocycles. The van der Waals surface area contributed by atoms with Crippen LogP contribution < -0.4 is 15.4 Å². The molecule has 126 valence electrons. The number of methoxy groups -OCH3 is 1. The molecular weight excluding hydrogens is 354 g/mol. The summed E-state index contributed by atoms with van der Waals surface area (Å²) in [5.41, 5.74) is 2.29. The molecule has 0 aliphatic rings. The van der Waals surface area contributed by atoms with Gasteiger partial charge in [-0.1, -0.05) is 42.5 Å². The molecule has 0 spiro atoms. The van der Waals surface area contributed by atoms with Crippen LogP contribution in [0.2, 0.25) is 0 Å². The number of amides is 1. The highest BCUT2D eigenvalue weighted by Crippen LogP contribution is 2.24. The van der Waals surface area contributed by atoms with Gasteiger partial charge in [0, 0.05) is 10.9 Å². The molecule has 0 unspecified atom stereocenters. The Balaban J connectivity index is 1.65. The van der Waals surface area contributed by atoms with Gasteiger partial charge in [0.1, 0.15) is 5.75 Å². The number of hydrogen-bond acceptors (Lipinski definition) is 5. The minimum Gasteiger partial charge on any atom is -0.496 e. The molecule has 1 heterocycles. The first kappa shape index (κ1) is 17.1. The minimum absolute atomic E-state index is 0.185. The molecule has 7 heteroatoms. The van der Waals surface area contributed by atoms with Crippen molar-refractivity contribution in [2.45, 2.75) is 0 Å². The predicted molar refractivity (Wildman–Crippen MR) is 104 cm³/mol. The van der Waals surface area contributed by atoms with Crippen LogP contribution in [-0.2, 0) is 0 Å². The Bertz CT molecular complexity index is 894. The number of para-hydroxylation sites is 1. The molecule has 3 aromatic rings. The average molecular weight is 369 g/mol. The molecule has 1 amide bonds. The fourth-order valence-electron chi connectivity index (χ4n) is 2.20. The number of hydrogen-bond donors (Lipinski definition) is 2. The summed E-state index contributed by atoms with van der Waals surface area (Å²) in [7, 11) is 1.52. The van der Waals surface area contributed by atoms with Crippen molar-refractivity contribution in [3.05, 3.63) is 65.5 Å². The summed E-state index contributed by atoms with van der Waals surface area (Å²) < 4.78 is 5.18. The normalized spacial score (nSPS) is 10.1. The summed E-state index contributed by atoms with van der Waals surface area (Å²) in [5.74, 6) is 0.151. The van der Waals surface area contributed by atoms with Gasteiger partial charge in [0.15, 0.2) is 10.2 Å². The smallest absolute Gasteiger partial charge is 0.261 e. The molecule has 0 atom stereocenters. The van der Waals surface area contributed by atoms with Crippen LogP contribution in [0.1, 0.15) is 10.4 Å². The van der Waals surface area contributed by atoms with Gasteiger partial charge in [-0.3, -0.25) is 10.1 Å². The first-order valence-electron chi connectivity index (χ1n) is 7.43. The Labute approximate surface area is 154 Å². The van der Waals surface area contributed by atoms with Crippen molar-refractivity contribution >= 4 is 39.7 Å². The number of benzene rings is 2. The second kappa shape index (κ2) is 7.87. The fraction of sp³-hybridized carbons (Fsp3) is 0.0556. The molecule has 0 aliphatic carbocycles. The molecule has 5 nitrogen and oxygen atoms in total. The van der Waals surface area contributed by atoms with E-state index >= 15 is 0 Å². The predicted octanol–water partition coefficient (Wildman–Crippen LogP) is 3.95. The molecule has 0 bridgehead atoms. The maximum absolute atomic E-state index is 12.3. The van der Waals surface area contributed by atoms with Gasteiger partial charge in [-0.15, -0.1) is 11.3 Å². The molecule has 3 rings (SSSR count). The summed E-state index contributed by atoms with van der Waals surface area (Å²) in [6, 6.07) is 16.8. The van der Waals surface area contributed by atoms with Gasteiger partial charge in [0.05, 0.1) is 18.4 Å². The SMILES string of the molecule is COc1ccccc1C(=O)NC(=S)Nc1nc(-c2ccccc2)cs1. The number of thiocarbonyl (C=S) groups is 1. The lowest BCUT2D eigenvalue weighted by Gasteiger charge is -2.10. The summed E-state index contributed by atoms with van der Waals surface area (Å²) >= 11 is 6.62. The van der Waals surface area contributed by atoms with Crippen molar-refractivity contribution in [2.24, 2.45) is 0 Å². The number of anilines is 1. The van der Waals surface area contributed by atoms with E-state index in [0.29, 0.717) is 16.4 Å². The summed E-state index contributed by atoms with van der Waals surface area (Å²) in [6.07, 6.45) is 0. The van der Waals surface area contributed by atoms with Crippen LogP contribution in [0.4, 0.5) is 5.13 Å². The van der Waals surface area contributed by atoms with E-state index in [2.05, 4.69) is 15.6 Å². The lowest BCUT2D eigenvalue weighted by Crippen LogP contribution is -2.34. The second-order valence-electron chi connectivity index (χ2n) is 5.01. The highest BCUT2D eigenvalue weighted by Gasteiger charge is 2.13. The van der Waals surface area contributed by atoms with E-state index in [1.165, 1.54) is 18.4 Å². The Morgan fingerprint density at radius 3 is 2.60 bits per heavy atom. The van der Waals surface area contributed by atoms with Gasteiger partial charge in [-0.25, -0.2) is 4.98 Å². The van der Waals surface area contributed by atoms with Crippen molar-refractivity contribution in [2.75, 3.05) is 12.4 Å². The molecule has 2 N–H and O–H groups in total. The van der Waals surface area contributed by atoms with Crippen molar-refractivity contribution in [1.29, 1.82) is 0 Å². The van der Waals surface area contributed by atoms with Gasteiger partial charge in [0.2, 0.25) is 0 Å². The zero-order valence-corrected chi connectivity index (χ0v) is 15.0. The number of ether oxygens (including phenoxy) is 1. The first-order valence-corrected chi connectivity index (χ1v) is 8.72. The largest absolute Gasteiger partial charge is 0.496 e. The highest BCUT2D eigenvalue weighted by atomic mass is 32.1. The topological polar surface area (TPSA) is 63.2 Å². The molecule has 0 aliphatic heterocycles. The summed E-state index contributed by atoms with van der Waals surface area (Å²) in [4.78, 5) is 16.8. The van der Waals surface area contributed by atoms with Gasteiger partial charge in [-0.2, -0.15) is 0 Å². The lowest BCUT2D eigenvalue weighted by atomic mass is 10.2.